The zero-order chi connectivity index (χ0) is 43.9. The Balaban J connectivity index is 1.34. The summed E-state index contributed by atoms with van der Waals surface area (Å²) >= 11 is 4.21. The predicted octanol–water partition coefficient (Wildman–Crippen LogP) is -4.37. The number of aromatic amines is 1. The number of primary amides is 2. The van der Waals surface area contributed by atoms with Gasteiger partial charge in [-0.1, -0.05) is 0 Å². The van der Waals surface area contributed by atoms with Crippen molar-refractivity contribution in [1.82, 2.24) is 45.9 Å². The number of nitrogens with zero attached hydrogens (tertiary/aromatic N) is 4. The number of aromatic nitrogens is 2. The van der Waals surface area contributed by atoms with Gasteiger partial charge in [-0.2, -0.15) is 12.6 Å². The number of nitrogens with one attached hydrogen (secondary N) is 5. The van der Waals surface area contributed by atoms with Crippen molar-refractivity contribution in [2.75, 3.05) is 38.5 Å². The van der Waals surface area contributed by atoms with Crippen LogP contribution in [0.3, 0.4) is 0 Å². The molecule has 0 spiro atoms. The summed E-state index contributed by atoms with van der Waals surface area (Å²) in [5, 5.41) is 10.3. The van der Waals surface area contributed by atoms with Crippen molar-refractivity contribution in [2.45, 2.75) is 119 Å². The van der Waals surface area contributed by atoms with Gasteiger partial charge in [0.15, 0.2) is 0 Å². The van der Waals surface area contributed by atoms with Crippen LogP contribution in [0.4, 0.5) is 0 Å². The third kappa shape index (κ3) is 12.9. The molecule has 7 unspecified atom stereocenters. The summed E-state index contributed by atoms with van der Waals surface area (Å²) < 4.78 is 0. The molecule has 22 nitrogen and oxygen atoms in total. The standard InChI is InChI=1S/C37H59N13O9S/c38-12-2-1-6-23(31(41)53)45-33(55)25(19-60)47-35(57)27-8-4-15-50(27)37(59)28-9-5-13-48(28)30(52)18-43-32(54)24(10-11-29(40)51)46-34(56)26-7-3-14-49(26)36(58)22(39)16-21-17-42-20-44-21/h17,20,22-28,60H,1-16,18-19,38-39H2,(H2,40,51)(H2,41,53)(H,42,44)(H,43,54)(H,45,55)(H,46,56)(H,47,57). The van der Waals surface area contributed by atoms with E-state index in [2.05, 4.69) is 43.9 Å². The van der Waals surface area contributed by atoms with Crippen LogP contribution in [0.5, 0.6) is 0 Å². The Bertz CT molecular complexity index is 1720. The van der Waals surface area contributed by atoms with Crippen LogP contribution in [0.25, 0.3) is 0 Å². The van der Waals surface area contributed by atoms with Crippen LogP contribution < -0.4 is 44.2 Å². The van der Waals surface area contributed by atoms with Crippen molar-refractivity contribution in [2.24, 2.45) is 22.9 Å². The molecule has 0 saturated carbocycles. The van der Waals surface area contributed by atoms with E-state index in [1.807, 2.05) is 0 Å². The SMILES string of the molecule is NCCCCC(NC(=O)C(CS)NC(=O)C1CCCN1C(=O)C1CCCN1C(=O)CNC(=O)C(CCC(N)=O)NC(=O)C1CCCN1C(=O)C(N)Cc1cnc[nH]1)C(N)=O. The Labute approximate surface area is 353 Å². The minimum Gasteiger partial charge on any atom is -0.370 e. The largest absolute Gasteiger partial charge is 0.370 e. The van der Waals surface area contributed by atoms with Crippen molar-refractivity contribution >= 4 is 65.8 Å². The van der Waals surface area contributed by atoms with Crippen LogP contribution in [-0.4, -0.2) is 159 Å². The van der Waals surface area contributed by atoms with E-state index in [9.17, 15) is 43.2 Å². The van der Waals surface area contributed by atoms with Crippen LogP contribution in [0.15, 0.2) is 12.5 Å². The molecule has 3 saturated heterocycles. The average molecular weight is 862 g/mol. The lowest BCUT2D eigenvalue weighted by Crippen LogP contribution is -2.58. The quantitative estimate of drug-likeness (QED) is 0.0391. The van der Waals surface area contributed by atoms with Crippen LogP contribution in [0.2, 0.25) is 0 Å². The number of carbonyl (C=O) groups is 9. The highest BCUT2D eigenvalue weighted by molar-refractivity contribution is 7.80. The first-order chi connectivity index (χ1) is 28.7. The van der Waals surface area contributed by atoms with E-state index in [4.69, 9.17) is 22.9 Å². The Morgan fingerprint density at radius 1 is 0.783 bits per heavy atom. The monoisotopic (exact) mass is 861 g/mol. The second kappa shape index (κ2) is 22.9. The summed E-state index contributed by atoms with van der Waals surface area (Å²) in [4.78, 5) is 129. The van der Waals surface area contributed by atoms with E-state index in [-0.39, 0.29) is 51.1 Å². The molecular weight excluding hydrogens is 803 g/mol. The first-order valence-electron chi connectivity index (χ1n) is 20.4. The molecule has 7 atom stereocenters. The van der Waals surface area contributed by atoms with Gasteiger partial charge in [0.2, 0.25) is 53.2 Å². The lowest BCUT2D eigenvalue weighted by molar-refractivity contribution is -0.147. The highest BCUT2D eigenvalue weighted by Crippen LogP contribution is 2.25. The van der Waals surface area contributed by atoms with Crippen molar-refractivity contribution < 1.29 is 43.2 Å². The minimum atomic E-state index is -1.28. The van der Waals surface area contributed by atoms with Gasteiger partial charge in [-0.05, 0) is 70.8 Å². The van der Waals surface area contributed by atoms with Gasteiger partial charge in [-0.15, -0.1) is 0 Å². The number of nitrogens with two attached hydrogens (primary N) is 4. The molecule has 0 bridgehead atoms. The van der Waals surface area contributed by atoms with Crippen molar-refractivity contribution in [1.29, 1.82) is 0 Å². The van der Waals surface area contributed by atoms with Crippen molar-refractivity contribution in [3.05, 3.63) is 18.2 Å². The van der Waals surface area contributed by atoms with Gasteiger partial charge in [0.05, 0.1) is 18.9 Å². The molecule has 0 aliphatic carbocycles. The van der Waals surface area contributed by atoms with E-state index < -0.39 is 102 Å². The zero-order valence-electron chi connectivity index (χ0n) is 33.6. The average Bonchev–Trinajstić information content (AvgIpc) is 4.07. The number of unbranched alkanes of at least 4 members (excludes halogenated alkanes) is 1. The van der Waals surface area contributed by atoms with Gasteiger partial charge in [0.25, 0.3) is 0 Å². The summed E-state index contributed by atoms with van der Waals surface area (Å²) in [5.74, 6) is -5.70. The maximum Gasteiger partial charge on any atom is 0.246 e. The van der Waals surface area contributed by atoms with E-state index in [0.29, 0.717) is 63.6 Å². The Morgan fingerprint density at radius 3 is 2.00 bits per heavy atom. The molecule has 1 aromatic heterocycles. The molecule has 13 N–H and O–H groups in total. The third-order valence-corrected chi connectivity index (χ3v) is 11.4. The zero-order valence-corrected chi connectivity index (χ0v) is 34.5. The number of H-pyrrole nitrogens is 1. The number of imidazole rings is 1. The molecule has 1 aromatic rings. The summed E-state index contributed by atoms with van der Waals surface area (Å²) in [6.07, 6.45) is 6.63. The number of thiol groups is 1. The lowest BCUT2D eigenvalue weighted by Gasteiger charge is -2.32. The van der Waals surface area contributed by atoms with Crippen LogP contribution >= 0.6 is 12.6 Å². The van der Waals surface area contributed by atoms with Gasteiger partial charge in [0, 0.05) is 50.1 Å². The van der Waals surface area contributed by atoms with E-state index in [1.165, 1.54) is 21.0 Å². The molecule has 0 aromatic carbocycles. The van der Waals surface area contributed by atoms with Crippen molar-refractivity contribution in [3.63, 3.8) is 0 Å². The number of rotatable bonds is 22. The van der Waals surface area contributed by atoms with Gasteiger partial charge in [-0.25, -0.2) is 4.98 Å². The molecule has 9 amide bonds. The fraction of sp³-hybridized carbons (Fsp3) is 0.676. The second-order valence-corrected chi connectivity index (χ2v) is 15.7. The summed E-state index contributed by atoms with van der Waals surface area (Å²) in [6.45, 7) is 0.591. The van der Waals surface area contributed by atoms with E-state index in [0.717, 1.165) is 0 Å². The highest BCUT2D eigenvalue weighted by Gasteiger charge is 2.43. The second-order valence-electron chi connectivity index (χ2n) is 15.3. The highest BCUT2D eigenvalue weighted by atomic mass is 32.1. The van der Waals surface area contributed by atoms with Gasteiger partial charge in [0.1, 0.15) is 36.3 Å². The normalized spacial score (nSPS) is 20.8. The molecule has 332 valence electrons. The molecule has 3 aliphatic rings. The van der Waals surface area contributed by atoms with Gasteiger partial charge in [-0.3, -0.25) is 43.2 Å². The first-order valence-corrected chi connectivity index (χ1v) is 21.0. The van der Waals surface area contributed by atoms with Gasteiger partial charge >= 0.3 is 0 Å². The Morgan fingerprint density at radius 2 is 1.40 bits per heavy atom. The maximum absolute atomic E-state index is 13.9. The summed E-state index contributed by atoms with van der Waals surface area (Å²) in [7, 11) is 0. The predicted molar refractivity (Wildman–Crippen MR) is 218 cm³/mol. The molecular formula is C37H59N13O9S. The van der Waals surface area contributed by atoms with E-state index in [1.54, 1.807) is 6.20 Å². The van der Waals surface area contributed by atoms with E-state index >= 15 is 0 Å². The van der Waals surface area contributed by atoms with Crippen LogP contribution in [-0.2, 0) is 49.6 Å². The number of hydrogen-bond donors (Lipinski definition) is 10. The molecule has 3 aliphatic heterocycles. The van der Waals surface area contributed by atoms with Crippen molar-refractivity contribution in [3.8, 4) is 0 Å². The van der Waals surface area contributed by atoms with Crippen LogP contribution in [0.1, 0.15) is 76.3 Å². The maximum atomic E-state index is 13.9. The topological polar surface area (TPSA) is 344 Å². The van der Waals surface area contributed by atoms with Crippen LogP contribution in [0, 0.1) is 0 Å². The molecule has 23 heteroatoms. The number of amides is 9. The molecule has 3 fully saturated rings. The Kier molecular flexibility index (Phi) is 18.1. The number of likely N-dealkylation sites (tertiary alicyclic amines) is 3. The first kappa shape index (κ1) is 47.4. The fourth-order valence-corrected chi connectivity index (χ4v) is 8.03. The lowest BCUT2D eigenvalue weighted by atomic mass is 10.1. The minimum absolute atomic E-state index is 0.100. The summed E-state index contributed by atoms with van der Waals surface area (Å²) in [6, 6.07) is -7.10. The number of hydrogen-bond acceptors (Lipinski definition) is 13. The number of carbonyl (C=O) groups excluding carboxylic acids is 9. The fourth-order valence-electron chi connectivity index (χ4n) is 7.78. The molecule has 0 radical (unpaired) electrons. The molecule has 4 heterocycles. The smallest absolute Gasteiger partial charge is 0.246 e. The molecule has 4 rings (SSSR count). The third-order valence-electron chi connectivity index (χ3n) is 11.0. The summed E-state index contributed by atoms with van der Waals surface area (Å²) in [5.41, 5.74) is 23.1. The van der Waals surface area contributed by atoms with Gasteiger partial charge < -0.3 is 63.9 Å². The Hall–Kier alpha value is -5.29. The molecule has 60 heavy (non-hydrogen) atoms.